The van der Waals surface area contributed by atoms with E-state index < -0.39 is 4.92 Å². The van der Waals surface area contributed by atoms with Crippen LogP contribution in [0, 0.1) is 16.0 Å². The minimum Gasteiger partial charge on any atom is -0.311 e. The first-order valence-electron chi connectivity index (χ1n) is 5.80. The molecular formula is C10H11Br2N5O4. The molecule has 0 fully saturated rings. The molecule has 0 saturated heterocycles. The highest BCUT2D eigenvalue weighted by Crippen LogP contribution is 2.45. The molecule has 9 nitrogen and oxygen atoms in total. The molecule has 2 rings (SSSR count). The Bertz CT molecular complexity index is 703. The first-order valence-corrected chi connectivity index (χ1v) is 7.39. The summed E-state index contributed by atoms with van der Waals surface area (Å²) in [5.74, 6) is 4.98. The lowest BCUT2D eigenvalue weighted by Gasteiger charge is -2.05. The van der Waals surface area contributed by atoms with Crippen LogP contribution in [0.15, 0.2) is 8.95 Å². The number of fused-ring (bicyclic) bond motifs is 1. The van der Waals surface area contributed by atoms with Crippen molar-refractivity contribution in [2.75, 3.05) is 0 Å². The number of hydrogen-bond acceptors (Lipinski definition) is 7. The van der Waals surface area contributed by atoms with Crippen molar-refractivity contribution in [2.45, 2.75) is 20.4 Å². The van der Waals surface area contributed by atoms with Gasteiger partial charge in [0.15, 0.2) is 0 Å². The topological polar surface area (TPSA) is 118 Å². The van der Waals surface area contributed by atoms with Crippen LogP contribution in [-0.4, -0.2) is 19.9 Å². The van der Waals surface area contributed by atoms with E-state index >= 15 is 0 Å². The van der Waals surface area contributed by atoms with Gasteiger partial charge in [-0.05, 0) is 37.8 Å². The van der Waals surface area contributed by atoms with Crippen molar-refractivity contribution >= 4 is 48.6 Å². The largest absolute Gasteiger partial charge is 0.332 e. The minimum absolute atomic E-state index is 0.146. The van der Waals surface area contributed by atoms with Gasteiger partial charge in [-0.3, -0.25) is 10.1 Å². The number of aromatic nitrogens is 3. The van der Waals surface area contributed by atoms with E-state index in [9.17, 15) is 10.1 Å². The van der Waals surface area contributed by atoms with Crippen molar-refractivity contribution in [3.05, 3.63) is 19.1 Å². The molecule has 0 saturated carbocycles. The van der Waals surface area contributed by atoms with Crippen LogP contribution >= 0.6 is 31.9 Å². The molecule has 21 heavy (non-hydrogen) atoms. The van der Waals surface area contributed by atoms with E-state index in [0.29, 0.717) is 23.5 Å². The summed E-state index contributed by atoms with van der Waals surface area (Å²) in [6.07, 6.45) is 0. The maximum Gasteiger partial charge on any atom is 0.332 e. The van der Waals surface area contributed by atoms with E-state index in [4.69, 9.17) is 10.8 Å². The standard InChI is InChI=1S/C10H11Br2N5O4/c1-4(2)3-16-14-7-5(11)9(17(18)19)10(20-21-13)6(12)8(7)15-16/h4H,3,13H2,1-2H3. The van der Waals surface area contributed by atoms with Crippen LogP contribution in [0.4, 0.5) is 5.69 Å². The molecule has 2 N–H and O–H groups in total. The van der Waals surface area contributed by atoms with Gasteiger partial charge in [0.05, 0.1) is 11.5 Å². The molecule has 1 heterocycles. The first-order chi connectivity index (χ1) is 9.86. The van der Waals surface area contributed by atoms with Gasteiger partial charge in [0.1, 0.15) is 20.0 Å². The second-order valence-electron chi connectivity index (χ2n) is 4.59. The van der Waals surface area contributed by atoms with Crippen LogP contribution in [-0.2, 0) is 11.5 Å². The maximum atomic E-state index is 11.2. The normalized spacial score (nSPS) is 11.3. The number of halogens is 2. The average molecular weight is 425 g/mol. The summed E-state index contributed by atoms with van der Waals surface area (Å²) in [5, 5.41) is 19.8. The van der Waals surface area contributed by atoms with Gasteiger partial charge in [0, 0.05) is 0 Å². The smallest absolute Gasteiger partial charge is 0.311 e. The zero-order valence-corrected chi connectivity index (χ0v) is 14.2. The predicted molar refractivity (Wildman–Crippen MR) is 80.3 cm³/mol. The second kappa shape index (κ2) is 6.22. The Balaban J connectivity index is 2.74. The number of benzene rings is 1. The molecule has 0 radical (unpaired) electrons. The van der Waals surface area contributed by atoms with Crippen LogP contribution in [0.5, 0.6) is 5.75 Å². The molecule has 0 aliphatic rings. The Kier molecular flexibility index (Phi) is 4.76. The molecule has 0 aliphatic heterocycles. The fourth-order valence-corrected chi connectivity index (χ4v) is 2.88. The molecule has 0 aliphatic carbocycles. The predicted octanol–water partition coefficient (Wildman–Crippen LogP) is 2.70. The van der Waals surface area contributed by atoms with Crippen molar-refractivity contribution in [3.8, 4) is 5.75 Å². The Morgan fingerprint density at radius 2 is 1.90 bits per heavy atom. The molecular weight excluding hydrogens is 414 g/mol. The third kappa shape index (κ3) is 3.00. The van der Waals surface area contributed by atoms with E-state index in [0.717, 1.165) is 0 Å². The molecule has 0 atom stereocenters. The van der Waals surface area contributed by atoms with Crippen LogP contribution in [0.3, 0.4) is 0 Å². The van der Waals surface area contributed by atoms with Gasteiger partial charge in [0.25, 0.3) is 5.75 Å². The minimum atomic E-state index is -0.621. The summed E-state index contributed by atoms with van der Waals surface area (Å²) in [7, 11) is 0. The van der Waals surface area contributed by atoms with E-state index in [1.807, 2.05) is 13.8 Å². The molecule has 0 unspecified atom stereocenters. The van der Waals surface area contributed by atoms with Crippen LogP contribution in [0.2, 0.25) is 0 Å². The van der Waals surface area contributed by atoms with Gasteiger partial charge in [0.2, 0.25) is 0 Å². The molecule has 114 valence electrons. The van der Waals surface area contributed by atoms with Gasteiger partial charge in [-0.15, -0.1) is 0 Å². The SMILES string of the molecule is CC(C)Cn1nc2c(Br)c(OON)c([N+](=O)[O-])c(Br)c2n1. The summed E-state index contributed by atoms with van der Waals surface area (Å²) >= 11 is 6.38. The highest BCUT2D eigenvalue weighted by atomic mass is 79.9. The van der Waals surface area contributed by atoms with Crippen molar-refractivity contribution < 1.29 is 14.8 Å². The molecule has 1 aromatic carbocycles. The van der Waals surface area contributed by atoms with Crippen molar-refractivity contribution in [2.24, 2.45) is 11.8 Å². The van der Waals surface area contributed by atoms with E-state index in [1.54, 1.807) is 0 Å². The van der Waals surface area contributed by atoms with Crippen LogP contribution in [0.1, 0.15) is 13.8 Å². The molecule has 0 bridgehead atoms. The Morgan fingerprint density at radius 1 is 1.33 bits per heavy atom. The number of nitrogens with two attached hydrogens (primary N) is 1. The van der Waals surface area contributed by atoms with Crippen molar-refractivity contribution in [3.63, 3.8) is 0 Å². The van der Waals surface area contributed by atoms with Gasteiger partial charge >= 0.3 is 5.69 Å². The summed E-state index contributed by atoms with van der Waals surface area (Å²) in [6, 6.07) is 0. The third-order valence-corrected chi connectivity index (χ3v) is 4.02. The van der Waals surface area contributed by atoms with Gasteiger partial charge in [-0.25, -0.2) is 0 Å². The summed E-state index contributed by atoms with van der Waals surface area (Å²) in [5.41, 5.74) is 0.398. The second-order valence-corrected chi connectivity index (χ2v) is 6.17. The number of hydrogen-bond donors (Lipinski definition) is 1. The summed E-state index contributed by atoms with van der Waals surface area (Å²) < 4.78 is 0.389. The Morgan fingerprint density at radius 3 is 2.38 bits per heavy atom. The fraction of sp³-hybridized carbons (Fsp3) is 0.400. The fourth-order valence-electron chi connectivity index (χ4n) is 1.76. The molecule has 11 heteroatoms. The molecule has 1 aromatic heterocycles. The van der Waals surface area contributed by atoms with Gasteiger partial charge in [-0.1, -0.05) is 18.8 Å². The quantitative estimate of drug-likeness (QED) is 0.445. The number of nitro benzene ring substituents is 1. The summed E-state index contributed by atoms with van der Waals surface area (Å²) in [4.78, 5) is 20.8. The summed E-state index contributed by atoms with van der Waals surface area (Å²) in [6.45, 7) is 4.60. The lowest BCUT2D eigenvalue weighted by molar-refractivity contribution is -0.389. The highest BCUT2D eigenvalue weighted by molar-refractivity contribution is 9.11. The Hall–Kier alpha value is -1.30. The molecule has 0 amide bonds. The number of nitrogens with zero attached hydrogens (tertiary/aromatic N) is 4. The molecule has 2 aromatic rings. The zero-order valence-electron chi connectivity index (χ0n) is 11.0. The van der Waals surface area contributed by atoms with Crippen LogP contribution < -0.4 is 10.8 Å². The first kappa shape index (κ1) is 16.1. The van der Waals surface area contributed by atoms with E-state index in [2.05, 4.69) is 47.0 Å². The number of rotatable bonds is 5. The Labute approximate surface area is 135 Å². The zero-order chi connectivity index (χ0) is 15.7. The average Bonchev–Trinajstić information content (AvgIpc) is 2.79. The number of nitro groups is 1. The highest BCUT2D eigenvalue weighted by Gasteiger charge is 2.31. The van der Waals surface area contributed by atoms with Gasteiger partial charge < -0.3 is 4.89 Å². The van der Waals surface area contributed by atoms with E-state index in [-0.39, 0.29) is 20.4 Å². The molecule has 0 spiro atoms. The monoisotopic (exact) mass is 423 g/mol. The van der Waals surface area contributed by atoms with Gasteiger partial charge in [-0.2, -0.15) is 20.9 Å². The van der Waals surface area contributed by atoms with Crippen LogP contribution in [0.25, 0.3) is 11.0 Å². The maximum absolute atomic E-state index is 11.2. The van der Waals surface area contributed by atoms with Crippen molar-refractivity contribution in [1.82, 2.24) is 15.0 Å². The van der Waals surface area contributed by atoms with E-state index in [1.165, 1.54) is 4.80 Å². The van der Waals surface area contributed by atoms with Crippen molar-refractivity contribution in [1.29, 1.82) is 0 Å². The lowest BCUT2D eigenvalue weighted by Crippen LogP contribution is -2.07. The third-order valence-electron chi connectivity index (χ3n) is 2.54. The lowest BCUT2D eigenvalue weighted by atomic mass is 10.2.